The summed E-state index contributed by atoms with van der Waals surface area (Å²) in [5.74, 6) is 0. The molecule has 1 N–H and O–H groups in total. The Morgan fingerprint density at radius 1 is 1.28 bits per heavy atom. The summed E-state index contributed by atoms with van der Waals surface area (Å²) in [4.78, 5) is 3.49. The average molecular weight is 273 g/mol. The van der Waals surface area contributed by atoms with Gasteiger partial charge in [-0.15, -0.1) is 11.3 Å². The number of thiazole rings is 1. The van der Waals surface area contributed by atoms with Gasteiger partial charge in [-0.3, -0.25) is 0 Å². The molecule has 2 aromatic rings. The Bertz CT molecular complexity index is 550. The van der Waals surface area contributed by atoms with Crippen molar-refractivity contribution in [1.82, 2.24) is 4.98 Å². The van der Waals surface area contributed by atoms with Crippen molar-refractivity contribution < 1.29 is 18.3 Å². The van der Waals surface area contributed by atoms with Gasteiger partial charge in [0.2, 0.25) is 0 Å². The second-order valence-corrected chi connectivity index (χ2v) is 4.89. The van der Waals surface area contributed by atoms with E-state index in [0.29, 0.717) is 16.9 Å². The molecule has 0 radical (unpaired) electrons. The quantitative estimate of drug-likeness (QED) is 0.907. The van der Waals surface area contributed by atoms with E-state index in [9.17, 15) is 18.3 Å². The lowest BCUT2D eigenvalue weighted by molar-refractivity contribution is -0.137. The average Bonchev–Trinajstić information content (AvgIpc) is 2.77. The van der Waals surface area contributed by atoms with E-state index in [1.165, 1.54) is 0 Å². The highest BCUT2D eigenvalue weighted by atomic mass is 32.1. The SMILES string of the molecule is Cc1ccccc1C(O)c1cnc(C(F)(F)F)s1. The molecule has 18 heavy (non-hydrogen) atoms. The number of halogens is 3. The molecule has 1 aromatic heterocycles. The van der Waals surface area contributed by atoms with Gasteiger partial charge in [0.05, 0.1) is 4.88 Å². The second kappa shape index (κ2) is 4.70. The van der Waals surface area contributed by atoms with Crippen molar-refractivity contribution in [2.45, 2.75) is 19.2 Å². The Hall–Kier alpha value is -1.40. The fourth-order valence-corrected chi connectivity index (χ4v) is 2.38. The van der Waals surface area contributed by atoms with Crippen LogP contribution < -0.4 is 0 Å². The van der Waals surface area contributed by atoms with Gasteiger partial charge in [0.15, 0.2) is 5.01 Å². The van der Waals surface area contributed by atoms with E-state index in [0.717, 1.165) is 11.8 Å². The van der Waals surface area contributed by atoms with Crippen LogP contribution in [0.5, 0.6) is 0 Å². The van der Waals surface area contributed by atoms with Crippen LogP contribution >= 0.6 is 11.3 Å². The van der Waals surface area contributed by atoms with Crippen LogP contribution in [0.2, 0.25) is 0 Å². The molecule has 0 saturated heterocycles. The lowest BCUT2D eigenvalue weighted by Crippen LogP contribution is -2.03. The van der Waals surface area contributed by atoms with Crippen LogP contribution in [0, 0.1) is 6.92 Å². The lowest BCUT2D eigenvalue weighted by Gasteiger charge is -2.11. The van der Waals surface area contributed by atoms with Crippen molar-refractivity contribution in [3.05, 3.63) is 51.5 Å². The van der Waals surface area contributed by atoms with E-state index in [4.69, 9.17) is 0 Å². The van der Waals surface area contributed by atoms with Crippen LogP contribution in [0.15, 0.2) is 30.5 Å². The first-order valence-corrected chi connectivity index (χ1v) is 5.98. The summed E-state index contributed by atoms with van der Waals surface area (Å²) >= 11 is 0.465. The number of aryl methyl sites for hydroxylation is 1. The Labute approximate surface area is 106 Å². The molecule has 0 bridgehead atoms. The molecular weight excluding hydrogens is 263 g/mol. The summed E-state index contributed by atoms with van der Waals surface area (Å²) in [7, 11) is 0. The number of benzene rings is 1. The van der Waals surface area contributed by atoms with E-state index in [1.54, 1.807) is 31.2 Å². The van der Waals surface area contributed by atoms with E-state index >= 15 is 0 Å². The molecule has 0 aliphatic heterocycles. The maximum atomic E-state index is 12.4. The summed E-state index contributed by atoms with van der Waals surface area (Å²) in [6, 6.07) is 7.02. The maximum Gasteiger partial charge on any atom is 0.443 e. The maximum absolute atomic E-state index is 12.4. The smallest absolute Gasteiger partial charge is 0.383 e. The first-order valence-electron chi connectivity index (χ1n) is 5.16. The molecule has 0 aliphatic carbocycles. The summed E-state index contributed by atoms with van der Waals surface area (Å²) in [5, 5.41) is 9.12. The van der Waals surface area contributed by atoms with Gasteiger partial charge in [0, 0.05) is 6.20 Å². The third-order valence-corrected chi connectivity index (χ3v) is 3.61. The van der Waals surface area contributed by atoms with Crippen molar-refractivity contribution in [2.24, 2.45) is 0 Å². The molecule has 1 unspecified atom stereocenters. The Morgan fingerprint density at radius 3 is 2.50 bits per heavy atom. The molecule has 2 rings (SSSR count). The molecule has 0 saturated carbocycles. The summed E-state index contributed by atoms with van der Waals surface area (Å²) in [6.07, 6.45) is -4.46. The summed E-state index contributed by atoms with van der Waals surface area (Å²) in [6.45, 7) is 1.80. The third-order valence-electron chi connectivity index (χ3n) is 2.52. The van der Waals surface area contributed by atoms with Crippen molar-refractivity contribution in [3.63, 3.8) is 0 Å². The van der Waals surface area contributed by atoms with Gasteiger partial charge in [0.1, 0.15) is 6.10 Å². The first-order chi connectivity index (χ1) is 8.39. The largest absolute Gasteiger partial charge is 0.443 e. The standard InChI is InChI=1S/C12H10F3NOS/c1-7-4-2-3-5-8(7)10(17)9-6-16-11(18-9)12(13,14)15/h2-6,10,17H,1H3. The minimum atomic E-state index is -4.46. The molecule has 2 nitrogen and oxygen atoms in total. The fraction of sp³-hybridized carbons (Fsp3) is 0.250. The van der Waals surface area contributed by atoms with Gasteiger partial charge < -0.3 is 5.11 Å². The number of aromatic nitrogens is 1. The van der Waals surface area contributed by atoms with Crippen molar-refractivity contribution in [2.75, 3.05) is 0 Å². The van der Waals surface area contributed by atoms with Gasteiger partial charge >= 0.3 is 6.18 Å². The van der Waals surface area contributed by atoms with Crippen LogP contribution in [-0.4, -0.2) is 10.1 Å². The van der Waals surface area contributed by atoms with Gasteiger partial charge in [-0.25, -0.2) is 4.98 Å². The highest BCUT2D eigenvalue weighted by molar-refractivity contribution is 7.11. The van der Waals surface area contributed by atoms with Gasteiger partial charge in [0.25, 0.3) is 0 Å². The van der Waals surface area contributed by atoms with Crippen LogP contribution in [0.4, 0.5) is 13.2 Å². The molecule has 6 heteroatoms. The molecular formula is C12H10F3NOS. The first kappa shape index (κ1) is 13.0. The zero-order valence-electron chi connectivity index (χ0n) is 9.40. The minimum absolute atomic E-state index is 0.191. The lowest BCUT2D eigenvalue weighted by atomic mass is 10.0. The van der Waals surface area contributed by atoms with Gasteiger partial charge in [-0.05, 0) is 18.1 Å². The van der Waals surface area contributed by atoms with Crippen molar-refractivity contribution in [3.8, 4) is 0 Å². The molecule has 1 atom stereocenters. The molecule has 0 spiro atoms. The minimum Gasteiger partial charge on any atom is -0.383 e. The Kier molecular flexibility index (Phi) is 3.41. The molecule has 1 heterocycles. The van der Waals surface area contributed by atoms with Crippen LogP contribution in [0.3, 0.4) is 0 Å². The third kappa shape index (κ3) is 2.54. The van der Waals surface area contributed by atoms with E-state index < -0.39 is 17.3 Å². The summed E-state index contributed by atoms with van der Waals surface area (Å²) < 4.78 is 37.2. The molecule has 96 valence electrons. The number of hydrogen-bond donors (Lipinski definition) is 1. The second-order valence-electron chi connectivity index (χ2n) is 3.82. The normalized spacial score (nSPS) is 13.6. The number of aliphatic hydroxyl groups excluding tert-OH is 1. The number of hydrogen-bond acceptors (Lipinski definition) is 3. The molecule has 0 aliphatic rings. The molecule has 0 fully saturated rings. The van der Waals surface area contributed by atoms with Crippen molar-refractivity contribution in [1.29, 1.82) is 0 Å². The van der Waals surface area contributed by atoms with E-state index in [-0.39, 0.29) is 4.88 Å². The molecule has 0 amide bonds. The monoisotopic (exact) mass is 273 g/mol. The van der Waals surface area contributed by atoms with Crippen LogP contribution in [0.25, 0.3) is 0 Å². The van der Waals surface area contributed by atoms with Gasteiger partial charge in [-0.1, -0.05) is 24.3 Å². The van der Waals surface area contributed by atoms with Crippen LogP contribution in [-0.2, 0) is 6.18 Å². The van der Waals surface area contributed by atoms with Gasteiger partial charge in [-0.2, -0.15) is 13.2 Å². The summed E-state index contributed by atoms with van der Waals surface area (Å²) in [5.41, 5.74) is 1.42. The fourth-order valence-electron chi connectivity index (χ4n) is 1.59. The predicted octanol–water partition coefficient (Wildman–Crippen LogP) is 3.55. The zero-order chi connectivity index (χ0) is 13.3. The van der Waals surface area contributed by atoms with Crippen LogP contribution in [0.1, 0.15) is 27.1 Å². The van der Waals surface area contributed by atoms with Crippen molar-refractivity contribution >= 4 is 11.3 Å². The molecule has 1 aromatic carbocycles. The number of rotatable bonds is 2. The van der Waals surface area contributed by atoms with E-state index in [2.05, 4.69) is 4.98 Å². The highest BCUT2D eigenvalue weighted by Gasteiger charge is 2.35. The topological polar surface area (TPSA) is 33.1 Å². The number of nitrogens with zero attached hydrogens (tertiary/aromatic N) is 1. The highest BCUT2D eigenvalue weighted by Crippen LogP contribution is 2.36. The Balaban J connectivity index is 2.33. The zero-order valence-corrected chi connectivity index (χ0v) is 10.2. The number of aliphatic hydroxyl groups is 1. The number of alkyl halides is 3. The Morgan fingerprint density at radius 2 is 1.94 bits per heavy atom. The van der Waals surface area contributed by atoms with E-state index in [1.807, 2.05) is 0 Å². The predicted molar refractivity (Wildman–Crippen MR) is 62.4 cm³/mol.